The van der Waals surface area contributed by atoms with Crippen LogP contribution in [0.15, 0.2) is 42.5 Å². The highest BCUT2D eigenvalue weighted by Crippen LogP contribution is 2.19. The number of anilines is 2. The van der Waals surface area contributed by atoms with E-state index in [1.807, 2.05) is 19.1 Å². The third-order valence-electron chi connectivity index (χ3n) is 3.46. The fraction of sp³-hybridized carbons (Fsp3) is 0.222. The van der Waals surface area contributed by atoms with Gasteiger partial charge in [-0.25, -0.2) is 0 Å². The summed E-state index contributed by atoms with van der Waals surface area (Å²) in [4.78, 5) is 23.8. The van der Waals surface area contributed by atoms with Crippen LogP contribution in [0.4, 0.5) is 11.4 Å². The number of hydrogen-bond acceptors (Lipinski definition) is 3. The van der Waals surface area contributed by atoms with Crippen LogP contribution >= 0.6 is 0 Å². The Bertz CT molecular complexity index is 726. The van der Waals surface area contributed by atoms with Gasteiger partial charge in [0.1, 0.15) is 0 Å². The maximum Gasteiger partial charge on any atom is 0.255 e. The van der Waals surface area contributed by atoms with E-state index < -0.39 is 0 Å². The van der Waals surface area contributed by atoms with Gasteiger partial charge in [-0.2, -0.15) is 0 Å². The number of benzene rings is 2. The largest absolute Gasteiger partial charge is 0.392 e. The average molecular weight is 312 g/mol. The van der Waals surface area contributed by atoms with Crippen molar-refractivity contribution in [3.63, 3.8) is 0 Å². The lowest BCUT2D eigenvalue weighted by atomic mass is 10.1. The van der Waals surface area contributed by atoms with Crippen molar-refractivity contribution in [2.45, 2.75) is 26.9 Å². The lowest BCUT2D eigenvalue weighted by Crippen LogP contribution is -2.14. The normalized spacial score (nSPS) is 10.2. The van der Waals surface area contributed by atoms with E-state index in [4.69, 9.17) is 0 Å². The average Bonchev–Trinajstić information content (AvgIpc) is 2.56. The highest BCUT2D eigenvalue weighted by molar-refractivity contribution is 6.05. The smallest absolute Gasteiger partial charge is 0.255 e. The number of amides is 2. The summed E-state index contributed by atoms with van der Waals surface area (Å²) in [6, 6.07) is 12.2. The van der Waals surface area contributed by atoms with Gasteiger partial charge in [-0.05, 0) is 42.3 Å². The molecule has 0 fully saturated rings. The zero-order valence-electron chi connectivity index (χ0n) is 13.2. The molecule has 0 heterocycles. The first-order valence-electron chi connectivity index (χ1n) is 7.45. The third-order valence-corrected chi connectivity index (χ3v) is 3.46. The van der Waals surface area contributed by atoms with Gasteiger partial charge in [-0.1, -0.05) is 25.1 Å². The molecule has 2 amide bonds. The minimum atomic E-state index is -0.268. The molecular weight excluding hydrogens is 292 g/mol. The van der Waals surface area contributed by atoms with E-state index >= 15 is 0 Å². The molecule has 0 aliphatic carbocycles. The van der Waals surface area contributed by atoms with Gasteiger partial charge in [-0.15, -0.1) is 0 Å². The summed E-state index contributed by atoms with van der Waals surface area (Å²) in [6.07, 6.45) is 0.379. The predicted molar refractivity (Wildman–Crippen MR) is 90.4 cm³/mol. The standard InChI is InChI=1S/C18H20N2O3/c1-3-17(22)19-15-6-4-5-14(10-15)18(23)20-16-9-13(11-21)8-7-12(16)2/h4-10,21H,3,11H2,1-2H3,(H,19,22)(H,20,23). The molecule has 0 unspecified atom stereocenters. The number of carbonyl (C=O) groups excluding carboxylic acids is 2. The van der Waals surface area contributed by atoms with Gasteiger partial charge < -0.3 is 15.7 Å². The summed E-state index contributed by atoms with van der Waals surface area (Å²) in [5, 5.41) is 14.8. The molecule has 0 radical (unpaired) electrons. The van der Waals surface area contributed by atoms with Crippen molar-refractivity contribution in [1.29, 1.82) is 0 Å². The Morgan fingerprint density at radius 3 is 2.57 bits per heavy atom. The van der Waals surface area contributed by atoms with Crippen LogP contribution in [0.5, 0.6) is 0 Å². The minimum Gasteiger partial charge on any atom is -0.392 e. The van der Waals surface area contributed by atoms with Crippen molar-refractivity contribution in [2.24, 2.45) is 0 Å². The molecule has 0 saturated heterocycles. The van der Waals surface area contributed by atoms with Crippen molar-refractivity contribution < 1.29 is 14.7 Å². The number of nitrogens with one attached hydrogen (secondary N) is 2. The fourth-order valence-corrected chi connectivity index (χ4v) is 2.08. The number of aryl methyl sites for hydroxylation is 1. The molecule has 2 aromatic carbocycles. The summed E-state index contributed by atoms with van der Waals surface area (Å²) in [6.45, 7) is 3.57. The monoisotopic (exact) mass is 312 g/mol. The van der Waals surface area contributed by atoms with Crippen molar-refractivity contribution in [3.8, 4) is 0 Å². The van der Waals surface area contributed by atoms with E-state index in [9.17, 15) is 14.7 Å². The van der Waals surface area contributed by atoms with Crippen LogP contribution in [-0.2, 0) is 11.4 Å². The maximum atomic E-state index is 12.4. The highest BCUT2D eigenvalue weighted by Gasteiger charge is 2.10. The van der Waals surface area contributed by atoms with Crippen LogP contribution in [0.25, 0.3) is 0 Å². The van der Waals surface area contributed by atoms with Gasteiger partial charge >= 0.3 is 0 Å². The Kier molecular flexibility index (Phi) is 5.49. The molecule has 5 nitrogen and oxygen atoms in total. The first-order valence-corrected chi connectivity index (χ1v) is 7.45. The van der Waals surface area contributed by atoms with Crippen LogP contribution in [-0.4, -0.2) is 16.9 Å². The Morgan fingerprint density at radius 2 is 1.87 bits per heavy atom. The number of rotatable bonds is 5. The summed E-state index contributed by atoms with van der Waals surface area (Å²) in [5.41, 5.74) is 3.34. The summed E-state index contributed by atoms with van der Waals surface area (Å²) >= 11 is 0. The van der Waals surface area contributed by atoms with E-state index in [1.54, 1.807) is 37.3 Å². The lowest BCUT2D eigenvalue weighted by Gasteiger charge is -2.11. The second-order valence-electron chi connectivity index (χ2n) is 5.24. The van der Waals surface area contributed by atoms with E-state index in [0.717, 1.165) is 11.1 Å². The topological polar surface area (TPSA) is 78.4 Å². The zero-order chi connectivity index (χ0) is 16.8. The highest BCUT2D eigenvalue weighted by atomic mass is 16.3. The van der Waals surface area contributed by atoms with Crippen LogP contribution in [0.2, 0.25) is 0 Å². The van der Waals surface area contributed by atoms with Crippen LogP contribution < -0.4 is 10.6 Å². The third kappa shape index (κ3) is 4.40. The van der Waals surface area contributed by atoms with Crippen molar-refractivity contribution in [1.82, 2.24) is 0 Å². The molecule has 0 bridgehead atoms. The Hall–Kier alpha value is -2.66. The zero-order valence-corrected chi connectivity index (χ0v) is 13.2. The number of carbonyl (C=O) groups is 2. The van der Waals surface area contributed by atoms with E-state index in [2.05, 4.69) is 10.6 Å². The molecular formula is C18H20N2O3. The van der Waals surface area contributed by atoms with Gasteiger partial charge in [0.25, 0.3) is 5.91 Å². The number of hydrogen-bond donors (Lipinski definition) is 3. The van der Waals surface area contributed by atoms with Gasteiger partial charge in [0, 0.05) is 23.4 Å². The van der Waals surface area contributed by atoms with Gasteiger partial charge in [-0.3, -0.25) is 9.59 Å². The number of aliphatic hydroxyl groups excluding tert-OH is 1. The first kappa shape index (κ1) is 16.7. The molecule has 0 aliphatic rings. The van der Waals surface area contributed by atoms with Gasteiger partial charge in [0.05, 0.1) is 6.61 Å². The molecule has 23 heavy (non-hydrogen) atoms. The molecule has 2 aromatic rings. The molecule has 0 atom stereocenters. The summed E-state index contributed by atoms with van der Waals surface area (Å²) in [7, 11) is 0. The molecule has 0 saturated carbocycles. The molecule has 120 valence electrons. The quantitative estimate of drug-likeness (QED) is 0.794. The Labute approximate surface area is 135 Å². The van der Waals surface area contributed by atoms with E-state index in [0.29, 0.717) is 23.4 Å². The predicted octanol–water partition coefficient (Wildman–Crippen LogP) is 3.09. The van der Waals surface area contributed by atoms with E-state index in [1.165, 1.54) is 0 Å². The Morgan fingerprint density at radius 1 is 1.09 bits per heavy atom. The van der Waals surface area contributed by atoms with Crippen LogP contribution in [0.3, 0.4) is 0 Å². The van der Waals surface area contributed by atoms with E-state index in [-0.39, 0.29) is 18.4 Å². The molecule has 0 aromatic heterocycles. The summed E-state index contributed by atoms with van der Waals surface area (Å²) < 4.78 is 0. The Balaban J connectivity index is 2.18. The maximum absolute atomic E-state index is 12.4. The fourth-order valence-electron chi connectivity index (χ4n) is 2.08. The number of aliphatic hydroxyl groups is 1. The van der Waals surface area contributed by atoms with Crippen LogP contribution in [0.1, 0.15) is 34.8 Å². The SMILES string of the molecule is CCC(=O)Nc1cccc(C(=O)Nc2cc(CO)ccc2C)c1. The van der Waals surface area contributed by atoms with Crippen molar-refractivity contribution in [2.75, 3.05) is 10.6 Å². The molecule has 0 aliphatic heterocycles. The van der Waals surface area contributed by atoms with Crippen molar-refractivity contribution in [3.05, 3.63) is 59.2 Å². The second kappa shape index (κ2) is 7.56. The molecule has 3 N–H and O–H groups in total. The van der Waals surface area contributed by atoms with Crippen molar-refractivity contribution >= 4 is 23.2 Å². The second-order valence-corrected chi connectivity index (χ2v) is 5.24. The first-order chi connectivity index (χ1) is 11.0. The minimum absolute atomic E-state index is 0.0817. The summed E-state index contributed by atoms with van der Waals surface area (Å²) in [5.74, 6) is -0.371. The van der Waals surface area contributed by atoms with Gasteiger partial charge in [0.2, 0.25) is 5.91 Å². The molecule has 2 rings (SSSR count). The molecule has 5 heteroatoms. The molecule has 0 spiro atoms. The van der Waals surface area contributed by atoms with Gasteiger partial charge in [0.15, 0.2) is 0 Å². The van der Waals surface area contributed by atoms with Crippen LogP contribution in [0, 0.1) is 6.92 Å². The lowest BCUT2D eigenvalue weighted by molar-refractivity contribution is -0.115.